The van der Waals surface area contributed by atoms with Crippen molar-refractivity contribution < 1.29 is 54.7 Å². The first-order valence-electron chi connectivity index (χ1n) is 10.8. The molecule has 194 valence electrons. The highest BCUT2D eigenvalue weighted by atomic mass is 16.7. The Morgan fingerprint density at radius 3 is 1.70 bits per heavy atom. The number of ether oxygens (including phenoxy) is 4. The highest BCUT2D eigenvalue weighted by Gasteiger charge is 2.51. The van der Waals surface area contributed by atoms with Gasteiger partial charge in [0, 0.05) is 18.6 Å². The third-order valence-corrected chi connectivity index (χ3v) is 6.48. The fourth-order valence-corrected chi connectivity index (χ4v) is 4.40. The number of aliphatic hydroxyl groups is 7. The van der Waals surface area contributed by atoms with Crippen LogP contribution in [0, 0.1) is 0 Å². The molecule has 0 spiro atoms. The number of aliphatic hydroxyl groups excluding tert-OH is 7. The van der Waals surface area contributed by atoms with Crippen LogP contribution in [0.25, 0.3) is 0 Å². The Bertz CT molecular complexity index is 584. The molecule has 15 nitrogen and oxygen atoms in total. The second kappa shape index (κ2) is 11.0. The van der Waals surface area contributed by atoms with E-state index in [1.165, 1.54) is 0 Å². The Morgan fingerprint density at radius 2 is 1.18 bits per heavy atom. The van der Waals surface area contributed by atoms with E-state index in [0.717, 1.165) is 0 Å². The van der Waals surface area contributed by atoms with Crippen LogP contribution in [0.15, 0.2) is 0 Å². The number of nitrogens with two attached hydrogens (primary N) is 4. The summed E-state index contributed by atoms with van der Waals surface area (Å²) in [6.45, 7) is -0.763. The highest BCUT2D eigenvalue weighted by molar-refractivity contribution is 5.01. The van der Waals surface area contributed by atoms with Gasteiger partial charge in [0.2, 0.25) is 0 Å². The van der Waals surface area contributed by atoms with E-state index in [9.17, 15) is 35.7 Å². The molecule has 33 heavy (non-hydrogen) atoms. The number of hydrogen-bond acceptors (Lipinski definition) is 15. The van der Waals surface area contributed by atoms with Crippen LogP contribution in [0.4, 0.5) is 0 Å². The zero-order valence-corrected chi connectivity index (χ0v) is 17.9. The molecule has 3 rings (SSSR count). The first-order chi connectivity index (χ1) is 15.5. The van der Waals surface area contributed by atoms with Crippen molar-refractivity contribution in [3.05, 3.63) is 0 Å². The molecule has 15 N–H and O–H groups in total. The van der Waals surface area contributed by atoms with Crippen LogP contribution in [0.5, 0.6) is 0 Å². The Morgan fingerprint density at radius 1 is 0.667 bits per heavy atom. The Kier molecular flexibility index (Phi) is 8.99. The molecule has 2 aliphatic heterocycles. The lowest BCUT2D eigenvalue weighted by molar-refractivity contribution is -0.332. The summed E-state index contributed by atoms with van der Waals surface area (Å²) in [7, 11) is 0. The van der Waals surface area contributed by atoms with Crippen molar-refractivity contribution in [2.24, 2.45) is 22.9 Å². The zero-order chi connectivity index (χ0) is 24.6. The molecule has 1 aliphatic carbocycles. The lowest BCUT2D eigenvalue weighted by Crippen LogP contribution is -2.68. The minimum absolute atomic E-state index is 0.0849. The quantitative estimate of drug-likeness (QED) is 0.167. The van der Waals surface area contributed by atoms with E-state index in [-0.39, 0.29) is 13.0 Å². The standard InChI is InChI=1S/C18H36N4O11/c19-2-6-10(25)12(27)13(28)18(30-6)33-16-5(21)1-4(20)15(14(16)29)32-17-11(26)8(22)9(24)7(3-23)31-17/h4-18,23-29H,1-3,19-22H2/t4-,5?,6?,7-,8?,9-,10-,11-,12+,13?,14?,15?,16-,17?,18-/m1/s1. The topological polar surface area (TPSA) is 283 Å². The Balaban J connectivity index is 1.72. The molecular formula is C18H36N4O11. The van der Waals surface area contributed by atoms with Gasteiger partial charge in [-0.1, -0.05) is 0 Å². The molecule has 15 atom stereocenters. The summed E-state index contributed by atoms with van der Waals surface area (Å²) in [6.07, 6.45) is -16.5. The highest BCUT2D eigenvalue weighted by Crippen LogP contribution is 2.31. The molecule has 2 heterocycles. The fourth-order valence-electron chi connectivity index (χ4n) is 4.40. The summed E-state index contributed by atoms with van der Waals surface area (Å²) in [4.78, 5) is 0. The van der Waals surface area contributed by atoms with Gasteiger partial charge in [-0.05, 0) is 6.42 Å². The van der Waals surface area contributed by atoms with E-state index < -0.39 is 98.4 Å². The first kappa shape index (κ1) is 27.0. The number of rotatable bonds is 6. The van der Waals surface area contributed by atoms with Crippen LogP contribution in [0.2, 0.25) is 0 Å². The molecule has 0 radical (unpaired) electrons. The van der Waals surface area contributed by atoms with E-state index in [1.54, 1.807) is 0 Å². The van der Waals surface area contributed by atoms with Crippen molar-refractivity contribution >= 4 is 0 Å². The van der Waals surface area contributed by atoms with Crippen LogP contribution in [-0.2, 0) is 18.9 Å². The maximum atomic E-state index is 10.9. The van der Waals surface area contributed by atoms with E-state index in [2.05, 4.69) is 0 Å². The van der Waals surface area contributed by atoms with Gasteiger partial charge in [-0.2, -0.15) is 0 Å². The van der Waals surface area contributed by atoms with E-state index >= 15 is 0 Å². The van der Waals surface area contributed by atoms with Crippen LogP contribution >= 0.6 is 0 Å². The van der Waals surface area contributed by atoms with Crippen LogP contribution < -0.4 is 22.9 Å². The summed E-state index contributed by atoms with van der Waals surface area (Å²) in [5, 5.41) is 70.9. The van der Waals surface area contributed by atoms with Gasteiger partial charge in [0.25, 0.3) is 0 Å². The molecule has 3 aliphatic rings. The van der Waals surface area contributed by atoms with Gasteiger partial charge in [0.05, 0.1) is 12.6 Å². The fraction of sp³-hybridized carbons (Fsp3) is 1.00. The van der Waals surface area contributed by atoms with Crippen molar-refractivity contribution in [3.8, 4) is 0 Å². The minimum Gasteiger partial charge on any atom is -0.394 e. The second-order valence-corrected chi connectivity index (χ2v) is 8.79. The molecule has 0 aromatic heterocycles. The minimum atomic E-state index is -1.66. The SMILES string of the molecule is NCC1O[C@H](O[C@@H]2C(N)C[C@@H](N)C(OC3O[C@H](CO)[C@@H](O)C(N)[C@H]3O)C2O)C(O)[C@@H](O)[C@@H]1O. The number of hydrogen-bond donors (Lipinski definition) is 11. The largest absolute Gasteiger partial charge is 0.394 e. The lowest BCUT2D eigenvalue weighted by Gasteiger charge is -2.48. The predicted molar refractivity (Wildman–Crippen MR) is 108 cm³/mol. The molecule has 0 bridgehead atoms. The van der Waals surface area contributed by atoms with Gasteiger partial charge in [0.15, 0.2) is 12.6 Å². The molecule has 1 saturated carbocycles. The van der Waals surface area contributed by atoms with Crippen LogP contribution in [-0.4, -0.2) is 141 Å². The normalized spacial score (nSPS) is 53.7. The summed E-state index contributed by atoms with van der Waals surface area (Å²) >= 11 is 0. The summed E-state index contributed by atoms with van der Waals surface area (Å²) in [5.41, 5.74) is 23.5. The zero-order valence-electron chi connectivity index (χ0n) is 17.9. The third kappa shape index (κ3) is 5.32. The van der Waals surface area contributed by atoms with Crippen molar-refractivity contribution in [2.75, 3.05) is 13.2 Å². The lowest BCUT2D eigenvalue weighted by atomic mass is 9.84. The maximum Gasteiger partial charge on any atom is 0.187 e. The van der Waals surface area contributed by atoms with Gasteiger partial charge in [-0.3, -0.25) is 0 Å². The van der Waals surface area contributed by atoms with Crippen LogP contribution in [0.3, 0.4) is 0 Å². The van der Waals surface area contributed by atoms with Crippen LogP contribution in [0.1, 0.15) is 6.42 Å². The van der Waals surface area contributed by atoms with Gasteiger partial charge >= 0.3 is 0 Å². The maximum absolute atomic E-state index is 10.9. The molecule has 7 unspecified atom stereocenters. The molecule has 2 saturated heterocycles. The van der Waals surface area contributed by atoms with Crippen molar-refractivity contribution in [3.63, 3.8) is 0 Å². The summed E-state index contributed by atoms with van der Waals surface area (Å²) in [6, 6.07) is -2.86. The van der Waals surface area contributed by atoms with Gasteiger partial charge in [0.1, 0.15) is 61.0 Å². The van der Waals surface area contributed by atoms with Crippen molar-refractivity contribution in [1.82, 2.24) is 0 Å². The molecule has 0 amide bonds. The molecule has 15 heteroatoms. The second-order valence-electron chi connectivity index (χ2n) is 8.79. The molecule has 0 aromatic carbocycles. The smallest absolute Gasteiger partial charge is 0.187 e. The van der Waals surface area contributed by atoms with Gasteiger partial charge < -0.3 is 77.6 Å². The predicted octanol–water partition coefficient (Wildman–Crippen LogP) is -7.29. The summed E-state index contributed by atoms with van der Waals surface area (Å²) in [5.74, 6) is 0. The van der Waals surface area contributed by atoms with Crippen molar-refractivity contribution in [2.45, 2.75) is 98.2 Å². The van der Waals surface area contributed by atoms with E-state index in [0.29, 0.717) is 0 Å². The molecule has 0 aromatic rings. The van der Waals surface area contributed by atoms with E-state index in [4.69, 9.17) is 41.9 Å². The van der Waals surface area contributed by atoms with Gasteiger partial charge in [-0.15, -0.1) is 0 Å². The Labute approximate surface area is 189 Å². The third-order valence-electron chi connectivity index (χ3n) is 6.48. The van der Waals surface area contributed by atoms with Crippen molar-refractivity contribution in [1.29, 1.82) is 0 Å². The molecular weight excluding hydrogens is 448 g/mol. The first-order valence-corrected chi connectivity index (χ1v) is 10.8. The monoisotopic (exact) mass is 484 g/mol. The van der Waals surface area contributed by atoms with E-state index in [1.807, 2.05) is 0 Å². The van der Waals surface area contributed by atoms with Gasteiger partial charge in [-0.25, -0.2) is 0 Å². The Hall–Kier alpha value is -0.600. The summed E-state index contributed by atoms with van der Waals surface area (Å²) < 4.78 is 22.2. The average molecular weight is 485 g/mol. The molecule has 3 fully saturated rings. The average Bonchev–Trinajstić information content (AvgIpc) is 2.79.